The summed E-state index contributed by atoms with van der Waals surface area (Å²) in [5.41, 5.74) is 3.18. The highest BCUT2D eigenvalue weighted by atomic mass is 16.6. The molecule has 2 aromatic rings. The number of nitro groups is 1. The van der Waals surface area contributed by atoms with Crippen molar-refractivity contribution in [1.29, 1.82) is 0 Å². The van der Waals surface area contributed by atoms with E-state index < -0.39 is 4.92 Å². The third-order valence-corrected chi connectivity index (χ3v) is 3.07. The van der Waals surface area contributed by atoms with Crippen molar-refractivity contribution in [3.05, 3.63) is 57.4 Å². The number of pyridine rings is 1. The normalized spacial score (nSPS) is 10.2. The Balaban J connectivity index is 2.25. The second kappa shape index (κ2) is 6.21. The fraction of sp³-hybridized carbons (Fsp3) is 0.267. The first-order valence-corrected chi connectivity index (χ1v) is 6.52. The van der Waals surface area contributed by atoms with Crippen molar-refractivity contribution in [2.45, 2.75) is 20.5 Å². The lowest BCUT2D eigenvalue weighted by atomic mass is 10.1. The number of anilines is 1. The van der Waals surface area contributed by atoms with Crippen LogP contribution in [0.15, 0.2) is 30.5 Å². The van der Waals surface area contributed by atoms with E-state index in [1.807, 2.05) is 32.2 Å². The maximum atomic E-state index is 11.1. The monoisotopic (exact) mass is 287 g/mol. The number of ether oxygens (including phenoxy) is 1. The molecule has 1 aromatic carbocycles. The minimum atomic E-state index is -0.424. The topological polar surface area (TPSA) is 77.3 Å². The van der Waals surface area contributed by atoms with Gasteiger partial charge in [-0.05, 0) is 37.1 Å². The van der Waals surface area contributed by atoms with Crippen LogP contribution in [0.5, 0.6) is 5.75 Å². The van der Waals surface area contributed by atoms with Crippen molar-refractivity contribution in [3.63, 3.8) is 0 Å². The van der Waals surface area contributed by atoms with E-state index in [1.165, 1.54) is 6.07 Å². The zero-order chi connectivity index (χ0) is 15.4. The molecule has 0 amide bonds. The standard InChI is InChI=1S/C15H17N3O3/c1-10-6-11(2)15(14(7-10)18(19)20)21-9-13-8-12(16-3)4-5-17-13/h4-8H,9H2,1-3H3,(H,16,17). The molecule has 6 heteroatoms. The zero-order valence-corrected chi connectivity index (χ0v) is 12.2. The highest BCUT2D eigenvalue weighted by Crippen LogP contribution is 2.32. The molecule has 0 saturated heterocycles. The van der Waals surface area contributed by atoms with Gasteiger partial charge in [0.05, 0.1) is 10.6 Å². The number of nitro benzene ring substituents is 1. The molecular formula is C15H17N3O3. The summed E-state index contributed by atoms with van der Waals surface area (Å²) in [6.07, 6.45) is 1.67. The summed E-state index contributed by atoms with van der Waals surface area (Å²) in [6.45, 7) is 3.80. The van der Waals surface area contributed by atoms with Crippen LogP contribution in [0, 0.1) is 24.0 Å². The first kappa shape index (κ1) is 14.8. The number of nitrogens with one attached hydrogen (secondary N) is 1. The summed E-state index contributed by atoms with van der Waals surface area (Å²) in [6, 6.07) is 7.05. The lowest BCUT2D eigenvalue weighted by molar-refractivity contribution is -0.386. The van der Waals surface area contributed by atoms with Gasteiger partial charge in [0.15, 0.2) is 5.75 Å². The van der Waals surface area contributed by atoms with Crippen LogP contribution in [-0.2, 0) is 6.61 Å². The quantitative estimate of drug-likeness (QED) is 0.674. The fourth-order valence-corrected chi connectivity index (χ4v) is 2.11. The Bertz CT molecular complexity index is 671. The van der Waals surface area contributed by atoms with Crippen molar-refractivity contribution in [1.82, 2.24) is 4.98 Å². The van der Waals surface area contributed by atoms with E-state index in [4.69, 9.17) is 4.74 Å². The molecule has 2 rings (SSSR count). The summed E-state index contributed by atoms with van der Waals surface area (Å²) < 4.78 is 5.64. The molecule has 0 radical (unpaired) electrons. The van der Waals surface area contributed by atoms with Gasteiger partial charge >= 0.3 is 5.69 Å². The number of hydrogen-bond acceptors (Lipinski definition) is 5. The zero-order valence-electron chi connectivity index (χ0n) is 12.2. The van der Waals surface area contributed by atoms with Crippen LogP contribution in [0.1, 0.15) is 16.8 Å². The Hall–Kier alpha value is -2.63. The maximum absolute atomic E-state index is 11.1. The molecule has 0 spiro atoms. The molecule has 0 aliphatic heterocycles. The molecule has 21 heavy (non-hydrogen) atoms. The maximum Gasteiger partial charge on any atom is 0.311 e. The summed E-state index contributed by atoms with van der Waals surface area (Å²) >= 11 is 0. The molecule has 0 unspecified atom stereocenters. The predicted molar refractivity (Wildman–Crippen MR) is 80.7 cm³/mol. The summed E-state index contributed by atoms with van der Waals surface area (Å²) in [5.74, 6) is 0.294. The van der Waals surface area contributed by atoms with Crippen LogP contribution in [0.3, 0.4) is 0 Å². The first-order valence-electron chi connectivity index (χ1n) is 6.52. The number of benzene rings is 1. The van der Waals surface area contributed by atoms with Gasteiger partial charge in [0.2, 0.25) is 0 Å². The van der Waals surface area contributed by atoms with E-state index in [1.54, 1.807) is 13.1 Å². The van der Waals surface area contributed by atoms with Crippen LogP contribution < -0.4 is 10.1 Å². The van der Waals surface area contributed by atoms with E-state index in [9.17, 15) is 10.1 Å². The molecule has 0 fully saturated rings. The number of hydrogen-bond donors (Lipinski definition) is 1. The Labute approximate surface area is 122 Å². The number of nitrogens with zero attached hydrogens (tertiary/aromatic N) is 2. The van der Waals surface area contributed by atoms with E-state index in [0.29, 0.717) is 11.4 Å². The molecule has 0 saturated carbocycles. The van der Waals surface area contributed by atoms with Crippen molar-refractivity contribution >= 4 is 11.4 Å². The SMILES string of the molecule is CNc1ccnc(COc2c(C)cc(C)cc2[N+](=O)[O-])c1. The molecule has 1 heterocycles. The number of rotatable bonds is 5. The van der Waals surface area contributed by atoms with Gasteiger partial charge < -0.3 is 10.1 Å². The minimum Gasteiger partial charge on any atom is -0.480 e. The summed E-state index contributed by atoms with van der Waals surface area (Å²) in [5, 5.41) is 14.1. The Morgan fingerprint density at radius 2 is 2.10 bits per heavy atom. The Kier molecular flexibility index (Phi) is 4.37. The molecular weight excluding hydrogens is 270 g/mol. The van der Waals surface area contributed by atoms with Crippen molar-refractivity contribution in [3.8, 4) is 5.75 Å². The fourth-order valence-electron chi connectivity index (χ4n) is 2.11. The van der Waals surface area contributed by atoms with E-state index in [2.05, 4.69) is 10.3 Å². The van der Waals surface area contributed by atoms with Crippen LogP contribution in [-0.4, -0.2) is 17.0 Å². The number of aryl methyl sites for hydroxylation is 2. The van der Waals surface area contributed by atoms with Crippen LogP contribution in [0.4, 0.5) is 11.4 Å². The average molecular weight is 287 g/mol. The molecule has 1 aromatic heterocycles. The third-order valence-electron chi connectivity index (χ3n) is 3.07. The first-order chi connectivity index (χ1) is 10.0. The van der Waals surface area contributed by atoms with Gasteiger partial charge in [-0.25, -0.2) is 0 Å². The molecule has 0 bridgehead atoms. The predicted octanol–water partition coefficient (Wildman–Crippen LogP) is 3.23. The second-order valence-electron chi connectivity index (χ2n) is 4.76. The van der Waals surface area contributed by atoms with Crippen LogP contribution >= 0.6 is 0 Å². The van der Waals surface area contributed by atoms with Crippen LogP contribution in [0.2, 0.25) is 0 Å². The van der Waals surface area contributed by atoms with Crippen molar-refractivity contribution < 1.29 is 9.66 Å². The van der Waals surface area contributed by atoms with Gasteiger partial charge in [-0.3, -0.25) is 15.1 Å². The van der Waals surface area contributed by atoms with Gasteiger partial charge in [0.1, 0.15) is 6.61 Å². The van der Waals surface area contributed by atoms with Crippen molar-refractivity contribution in [2.75, 3.05) is 12.4 Å². The second-order valence-corrected chi connectivity index (χ2v) is 4.76. The van der Waals surface area contributed by atoms with E-state index in [0.717, 1.165) is 16.8 Å². The molecule has 1 N–H and O–H groups in total. The van der Waals surface area contributed by atoms with Crippen LogP contribution in [0.25, 0.3) is 0 Å². The van der Waals surface area contributed by atoms with Gasteiger partial charge in [-0.1, -0.05) is 6.07 Å². The third kappa shape index (κ3) is 3.47. The molecule has 6 nitrogen and oxygen atoms in total. The lowest BCUT2D eigenvalue weighted by Gasteiger charge is -2.10. The Morgan fingerprint density at radius 1 is 1.33 bits per heavy atom. The van der Waals surface area contributed by atoms with Gasteiger partial charge in [0.25, 0.3) is 0 Å². The van der Waals surface area contributed by atoms with Gasteiger partial charge in [0, 0.05) is 25.0 Å². The highest BCUT2D eigenvalue weighted by Gasteiger charge is 2.18. The molecule has 0 atom stereocenters. The molecule has 0 aliphatic rings. The smallest absolute Gasteiger partial charge is 0.311 e. The summed E-state index contributed by atoms with van der Waals surface area (Å²) in [4.78, 5) is 14.9. The summed E-state index contributed by atoms with van der Waals surface area (Å²) in [7, 11) is 1.81. The van der Waals surface area contributed by atoms with E-state index >= 15 is 0 Å². The Morgan fingerprint density at radius 3 is 2.76 bits per heavy atom. The molecule has 0 aliphatic carbocycles. The largest absolute Gasteiger partial charge is 0.480 e. The van der Waals surface area contributed by atoms with E-state index in [-0.39, 0.29) is 12.3 Å². The lowest BCUT2D eigenvalue weighted by Crippen LogP contribution is -2.03. The minimum absolute atomic E-state index is 0.0164. The van der Waals surface area contributed by atoms with Crippen molar-refractivity contribution in [2.24, 2.45) is 0 Å². The number of aromatic nitrogens is 1. The van der Waals surface area contributed by atoms with Gasteiger partial charge in [-0.2, -0.15) is 0 Å². The molecule has 110 valence electrons. The van der Waals surface area contributed by atoms with Gasteiger partial charge in [-0.15, -0.1) is 0 Å². The average Bonchev–Trinajstić information content (AvgIpc) is 2.45. The highest BCUT2D eigenvalue weighted by molar-refractivity contribution is 5.53.